The summed E-state index contributed by atoms with van der Waals surface area (Å²) in [6, 6.07) is 14.5. The lowest BCUT2D eigenvalue weighted by Gasteiger charge is -2.28. The Labute approximate surface area is 187 Å². The maximum absolute atomic E-state index is 5.71. The first-order chi connectivity index (χ1) is 15.2. The van der Waals surface area contributed by atoms with Gasteiger partial charge in [-0.25, -0.2) is 9.97 Å². The third-order valence-electron chi connectivity index (χ3n) is 7.64. The molecule has 1 aromatic carbocycles. The van der Waals surface area contributed by atoms with Crippen LogP contribution in [0.5, 0.6) is 0 Å². The molecule has 3 aromatic rings. The summed E-state index contributed by atoms with van der Waals surface area (Å²) in [6.45, 7) is 7.96. The van der Waals surface area contributed by atoms with Crippen LogP contribution in [0.1, 0.15) is 40.0 Å². The second kappa shape index (κ2) is 9.53. The van der Waals surface area contributed by atoms with Gasteiger partial charge in [-0.3, -0.25) is 0 Å². The van der Waals surface area contributed by atoms with Gasteiger partial charge in [0.05, 0.1) is 11.5 Å². The van der Waals surface area contributed by atoms with E-state index in [1.165, 1.54) is 47.4 Å². The summed E-state index contributed by atoms with van der Waals surface area (Å²) < 4.78 is 5.71. The van der Waals surface area contributed by atoms with E-state index in [0.717, 1.165) is 29.8 Å². The fourth-order valence-corrected chi connectivity index (χ4v) is 9.25. The van der Waals surface area contributed by atoms with E-state index in [-0.39, 0.29) is 0 Å². The Kier molecular flexibility index (Phi) is 6.77. The Hall–Kier alpha value is -2.18. The van der Waals surface area contributed by atoms with Crippen molar-refractivity contribution < 1.29 is 4.74 Å². The molecule has 1 saturated carbocycles. The fourth-order valence-electron chi connectivity index (χ4n) is 5.50. The van der Waals surface area contributed by atoms with Crippen molar-refractivity contribution in [1.29, 1.82) is 0 Å². The summed E-state index contributed by atoms with van der Waals surface area (Å²) in [6.07, 6.45) is 5.64. The van der Waals surface area contributed by atoms with Gasteiger partial charge < -0.3 is 15.0 Å². The predicted molar refractivity (Wildman–Crippen MR) is 133 cm³/mol. The minimum Gasteiger partial charge on any atom is -0.381 e. The van der Waals surface area contributed by atoms with Gasteiger partial charge in [-0.1, -0.05) is 75.7 Å². The van der Waals surface area contributed by atoms with Crippen LogP contribution in [0.3, 0.4) is 0 Å². The smallest absolute Gasteiger partial charge is 0.143 e. The van der Waals surface area contributed by atoms with E-state index in [2.05, 4.69) is 66.4 Å². The van der Waals surface area contributed by atoms with Crippen LogP contribution >= 0.6 is 0 Å². The summed E-state index contributed by atoms with van der Waals surface area (Å²) in [7, 11) is 0.172. The number of ether oxygens (including phenoxy) is 1. The number of aromatic nitrogens is 3. The fraction of sp³-hybridized carbons (Fsp3) is 0.520. The quantitative estimate of drug-likeness (QED) is 0.431. The molecule has 1 aliphatic carbocycles. The molecule has 0 amide bonds. The van der Waals surface area contributed by atoms with Crippen LogP contribution in [0.15, 0.2) is 36.7 Å². The lowest BCUT2D eigenvalue weighted by molar-refractivity contribution is 0.0755. The van der Waals surface area contributed by atoms with Gasteiger partial charge in [-0.05, 0) is 18.4 Å². The van der Waals surface area contributed by atoms with E-state index >= 15 is 0 Å². The van der Waals surface area contributed by atoms with Crippen molar-refractivity contribution in [2.45, 2.75) is 64.3 Å². The summed E-state index contributed by atoms with van der Waals surface area (Å²) in [5.74, 6) is 1.48. The number of benzene rings is 1. The van der Waals surface area contributed by atoms with Gasteiger partial charge in [-0.2, -0.15) is 0 Å². The lowest BCUT2D eigenvalue weighted by atomic mass is 10.0. The number of anilines is 1. The molecule has 1 aliphatic rings. The van der Waals surface area contributed by atoms with Crippen molar-refractivity contribution in [2.75, 3.05) is 19.0 Å². The van der Waals surface area contributed by atoms with Gasteiger partial charge >= 0.3 is 0 Å². The summed E-state index contributed by atoms with van der Waals surface area (Å²) in [5, 5.41) is 6.26. The van der Waals surface area contributed by atoms with E-state index in [1.54, 1.807) is 6.33 Å². The van der Waals surface area contributed by atoms with Crippen LogP contribution in [0.2, 0.25) is 18.1 Å². The van der Waals surface area contributed by atoms with E-state index in [1.807, 2.05) is 7.11 Å². The van der Waals surface area contributed by atoms with Gasteiger partial charge in [0, 0.05) is 30.5 Å². The van der Waals surface area contributed by atoms with Crippen molar-refractivity contribution in [2.24, 2.45) is 5.92 Å². The minimum absolute atomic E-state index is 0.348. The van der Waals surface area contributed by atoms with Crippen LogP contribution in [-0.2, 0) is 4.74 Å². The van der Waals surface area contributed by atoms with Crippen LogP contribution in [0, 0.1) is 5.92 Å². The maximum Gasteiger partial charge on any atom is 0.143 e. The maximum atomic E-state index is 5.71. The second-order valence-electron chi connectivity index (χ2n) is 8.87. The number of methoxy groups -OCH3 is 1. The van der Waals surface area contributed by atoms with Gasteiger partial charge in [0.15, 0.2) is 0 Å². The molecule has 31 heavy (non-hydrogen) atoms. The monoisotopic (exact) mass is 436 g/mol. The lowest BCUT2D eigenvalue weighted by Crippen LogP contribution is -2.47. The Morgan fingerprint density at radius 3 is 2.48 bits per heavy atom. The normalized spacial score (nSPS) is 19.2. The number of hydrogen-bond acceptors (Lipinski definition) is 4. The Balaban J connectivity index is 1.84. The number of aromatic amines is 1. The standard InChI is InChI=1S/C25H36N4OSi/c1-5-31(6-2,7-3)25-21(18-12-9-8-10-13-18)22-23(27-17-28-24(22)29-25)26-16-19-14-11-15-20(19)30-4/h8-10,12-13,17,19-20H,5-7,11,14-16H2,1-4H3,(H2,26,27,28,29)/t19-,20-/m1/s1. The van der Waals surface area contributed by atoms with Gasteiger partial charge in [-0.15, -0.1) is 0 Å². The summed E-state index contributed by atoms with van der Waals surface area (Å²) in [4.78, 5) is 13.2. The highest BCUT2D eigenvalue weighted by Crippen LogP contribution is 2.35. The van der Waals surface area contributed by atoms with Crippen LogP contribution in [0.25, 0.3) is 22.2 Å². The molecule has 0 saturated heterocycles. The van der Waals surface area contributed by atoms with E-state index in [4.69, 9.17) is 9.72 Å². The largest absolute Gasteiger partial charge is 0.381 e. The number of hydrogen-bond donors (Lipinski definition) is 2. The summed E-state index contributed by atoms with van der Waals surface area (Å²) >= 11 is 0. The van der Waals surface area contributed by atoms with Crippen molar-refractivity contribution >= 4 is 30.2 Å². The van der Waals surface area contributed by atoms with Crippen molar-refractivity contribution in [1.82, 2.24) is 15.0 Å². The number of rotatable bonds is 9. The molecule has 5 nitrogen and oxygen atoms in total. The topological polar surface area (TPSA) is 62.8 Å². The van der Waals surface area contributed by atoms with Crippen LogP contribution in [-0.4, -0.2) is 42.8 Å². The Bertz CT molecular complexity index is 991. The van der Waals surface area contributed by atoms with Gasteiger partial charge in [0.1, 0.15) is 25.9 Å². The highest BCUT2D eigenvalue weighted by molar-refractivity contribution is 6.92. The second-order valence-corrected chi connectivity index (χ2v) is 14.1. The van der Waals surface area contributed by atoms with Crippen molar-refractivity contribution in [3.63, 3.8) is 0 Å². The molecular formula is C25H36N4OSi. The molecule has 2 atom stereocenters. The molecule has 2 N–H and O–H groups in total. The molecule has 0 spiro atoms. The highest BCUT2D eigenvalue weighted by Gasteiger charge is 2.35. The van der Waals surface area contributed by atoms with Crippen molar-refractivity contribution in [3.8, 4) is 11.1 Å². The molecule has 1 fully saturated rings. The molecule has 166 valence electrons. The van der Waals surface area contributed by atoms with Crippen molar-refractivity contribution in [3.05, 3.63) is 36.7 Å². The van der Waals surface area contributed by atoms with E-state index in [9.17, 15) is 0 Å². The zero-order chi connectivity index (χ0) is 21.8. The molecule has 0 bridgehead atoms. The number of H-pyrrole nitrogens is 1. The van der Waals surface area contributed by atoms with E-state index in [0.29, 0.717) is 12.0 Å². The minimum atomic E-state index is -1.66. The first-order valence-corrected chi connectivity index (χ1v) is 14.5. The number of nitrogens with one attached hydrogen (secondary N) is 2. The third kappa shape index (κ3) is 4.03. The third-order valence-corrected chi connectivity index (χ3v) is 13.1. The summed E-state index contributed by atoms with van der Waals surface area (Å²) in [5.41, 5.74) is 3.52. The van der Waals surface area contributed by atoms with Gasteiger partial charge in [0.2, 0.25) is 0 Å². The SMILES string of the molecule is CC[Si](CC)(CC)c1[nH]c2ncnc(NC[C@H]3CCC[C@H]3OC)c2c1-c1ccccc1. The number of fused-ring (bicyclic) bond motifs is 1. The Morgan fingerprint density at radius 1 is 1.06 bits per heavy atom. The average Bonchev–Trinajstić information content (AvgIpc) is 3.45. The molecule has 2 heterocycles. The molecule has 0 aliphatic heterocycles. The van der Waals surface area contributed by atoms with Gasteiger partial charge in [0.25, 0.3) is 0 Å². The molecule has 2 aromatic heterocycles. The zero-order valence-corrected chi connectivity index (χ0v) is 20.4. The van der Waals surface area contributed by atoms with Crippen LogP contribution in [0.4, 0.5) is 5.82 Å². The average molecular weight is 437 g/mol. The molecule has 0 unspecified atom stereocenters. The molecule has 0 radical (unpaired) electrons. The Morgan fingerprint density at radius 2 is 1.81 bits per heavy atom. The number of nitrogens with zero attached hydrogens (tertiary/aromatic N) is 2. The van der Waals surface area contributed by atoms with Crippen LogP contribution < -0.4 is 10.6 Å². The predicted octanol–water partition coefficient (Wildman–Crippen LogP) is 5.57. The highest BCUT2D eigenvalue weighted by atomic mass is 28.3. The molecular weight excluding hydrogens is 400 g/mol. The molecule has 4 rings (SSSR count). The first-order valence-electron chi connectivity index (χ1n) is 11.9. The van der Waals surface area contributed by atoms with E-state index < -0.39 is 8.07 Å². The first kappa shape index (κ1) is 22.0. The zero-order valence-electron chi connectivity index (χ0n) is 19.4. The molecule has 6 heteroatoms.